The second-order valence-electron chi connectivity index (χ2n) is 1.84. The minimum Gasteiger partial charge on any atom is -0.506 e. The summed E-state index contributed by atoms with van der Waals surface area (Å²) in [5.74, 6) is 0.0783. The van der Waals surface area contributed by atoms with Gasteiger partial charge in [-0.3, -0.25) is 4.98 Å². The van der Waals surface area contributed by atoms with E-state index in [1.54, 1.807) is 12.3 Å². The number of nitrogens with zero attached hydrogens (tertiary/aromatic N) is 1. The molecule has 0 fully saturated rings. The van der Waals surface area contributed by atoms with Gasteiger partial charge in [-0.15, -0.1) is 0 Å². The van der Waals surface area contributed by atoms with Gasteiger partial charge in [-0.25, -0.2) is 0 Å². The molecule has 0 amide bonds. The number of rotatable bonds is 2. The van der Waals surface area contributed by atoms with Gasteiger partial charge in [0.05, 0.1) is 5.69 Å². The standard InChI is InChI=1S/C7H7NO2/c9-5-3-6-7(10)2-1-4-8-6/h1-2,4-5,10H,3H2. The topological polar surface area (TPSA) is 50.2 Å². The second-order valence-corrected chi connectivity index (χ2v) is 1.84. The third-order valence-corrected chi connectivity index (χ3v) is 1.14. The molecule has 0 saturated carbocycles. The van der Waals surface area contributed by atoms with Crippen molar-refractivity contribution in [1.29, 1.82) is 0 Å². The number of hydrogen-bond acceptors (Lipinski definition) is 3. The Kier molecular flexibility index (Phi) is 1.99. The molecule has 0 unspecified atom stereocenters. The zero-order chi connectivity index (χ0) is 7.40. The van der Waals surface area contributed by atoms with E-state index in [4.69, 9.17) is 5.11 Å². The summed E-state index contributed by atoms with van der Waals surface area (Å²) in [5.41, 5.74) is 0.428. The molecule has 0 aromatic carbocycles. The Morgan fingerprint density at radius 3 is 3.10 bits per heavy atom. The first-order chi connectivity index (χ1) is 4.84. The number of aromatic nitrogens is 1. The molecule has 1 N–H and O–H groups in total. The van der Waals surface area contributed by atoms with Crippen molar-refractivity contribution >= 4 is 6.29 Å². The highest BCUT2D eigenvalue weighted by molar-refractivity contribution is 5.55. The van der Waals surface area contributed by atoms with Crippen LogP contribution in [0.1, 0.15) is 5.69 Å². The van der Waals surface area contributed by atoms with Crippen LogP contribution in [0.5, 0.6) is 5.75 Å². The third kappa shape index (κ3) is 1.31. The van der Waals surface area contributed by atoms with Crippen molar-refractivity contribution in [1.82, 2.24) is 4.98 Å². The molecule has 3 nitrogen and oxygen atoms in total. The van der Waals surface area contributed by atoms with Crippen LogP contribution in [0.3, 0.4) is 0 Å². The molecule has 0 radical (unpaired) electrons. The van der Waals surface area contributed by atoms with Gasteiger partial charge >= 0.3 is 0 Å². The van der Waals surface area contributed by atoms with E-state index in [9.17, 15) is 4.79 Å². The van der Waals surface area contributed by atoms with Gasteiger partial charge in [0.25, 0.3) is 0 Å². The number of carbonyl (C=O) groups excluding carboxylic acids is 1. The minimum absolute atomic E-state index is 0.0783. The van der Waals surface area contributed by atoms with Gasteiger partial charge in [0.15, 0.2) is 0 Å². The van der Waals surface area contributed by atoms with Crippen LogP contribution in [0.25, 0.3) is 0 Å². The van der Waals surface area contributed by atoms with Crippen LogP contribution in [-0.4, -0.2) is 16.4 Å². The fraction of sp³-hybridized carbons (Fsp3) is 0.143. The fourth-order valence-electron chi connectivity index (χ4n) is 0.666. The Morgan fingerprint density at radius 2 is 2.50 bits per heavy atom. The predicted octanol–water partition coefficient (Wildman–Crippen LogP) is 0.529. The quantitative estimate of drug-likeness (QED) is 0.605. The van der Waals surface area contributed by atoms with Crippen molar-refractivity contribution in [3.8, 4) is 5.75 Å². The summed E-state index contributed by atoms with van der Waals surface area (Å²) in [6, 6.07) is 3.12. The monoisotopic (exact) mass is 137 g/mol. The smallest absolute Gasteiger partial charge is 0.137 e. The molecule has 10 heavy (non-hydrogen) atoms. The molecule has 0 aliphatic heterocycles. The maximum atomic E-state index is 9.98. The van der Waals surface area contributed by atoms with E-state index in [2.05, 4.69) is 4.98 Å². The van der Waals surface area contributed by atoms with Gasteiger partial charge in [-0.2, -0.15) is 0 Å². The van der Waals surface area contributed by atoms with Gasteiger partial charge in [0.1, 0.15) is 12.0 Å². The summed E-state index contributed by atoms with van der Waals surface area (Å²) < 4.78 is 0. The molecule has 3 heteroatoms. The number of carbonyl (C=O) groups is 1. The maximum absolute atomic E-state index is 9.98. The van der Waals surface area contributed by atoms with E-state index in [0.29, 0.717) is 12.0 Å². The second kappa shape index (κ2) is 2.96. The number of aromatic hydroxyl groups is 1. The average molecular weight is 137 g/mol. The Hall–Kier alpha value is -1.38. The van der Waals surface area contributed by atoms with Crippen molar-refractivity contribution in [3.05, 3.63) is 24.0 Å². The normalized spacial score (nSPS) is 9.20. The first kappa shape index (κ1) is 6.74. The lowest BCUT2D eigenvalue weighted by Crippen LogP contribution is -1.89. The molecule has 52 valence electrons. The maximum Gasteiger partial charge on any atom is 0.137 e. The van der Waals surface area contributed by atoms with Gasteiger partial charge in [0.2, 0.25) is 0 Å². The molecule has 0 aliphatic carbocycles. The largest absolute Gasteiger partial charge is 0.506 e. The highest BCUT2D eigenvalue weighted by atomic mass is 16.3. The van der Waals surface area contributed by atoms with E-state index >= 15 is 0 Å². The van der Waals surface area contributed by atoms with E-state index in [1.165, 1.54) is 6.07 Å². The molecule has 0 spiro atoms. The van der Waals surface area contributed by atoms with Crippen molar-refractivity contribution in [2.45, 2.75) is 6.42 Å². The van der Waals surface area contributed by atoms with Crippen LogP contribution in [0.4, 0.5) is 0 Å². The summed E-state index contributed by atoms with van der Waals surface area (Å²) >= 11 is 0. The third-order valence-electron chi connectivity index (χ3n) is 1.14. The number of aldehydes is 1. The van der Waals surface area contributed by atoms with E-state index in [0.717, 1.165) is 0 Å². The van der Waals surface area contributed by atoms with Gasteiger partial charge in [0, 0.05) is 12.6 Å². The minimum atomic E-state index is 0.0783. The van der Waals surface area contributed by atoms with Crippen LogP contribution in [0.15, 0.2) is 18.3 Å². The molecule has 1 rings (SSSR count). The molecular formula is C7H7NO2. The number of hydrogen-bond donors (Lipinski definition) is 1. The van der Waals surface area contributed by atoms with Gasteiger partial charge in [-0.05, 0) is 12.1 Å². The van der Waals surface area contributed by atoms with Gasteiger partial charge in [-0.1, -0.05) is 0 Å². The van der Waals surface area contributed by atoms with Crippen LogP contribution in [-0.2, 0) is 11.2 Å². The Labute approximate surface area is 58.3 Å². The molecule has 0 bridgehead atoms. The zero-order valence-electron chi connectivity index (χ0n) is 5.32. The van der Waals surface area contributed by atoms with Crippen molar-refractivity contribution in [3.63, 3.8) is 0 Å². The highest BCUT2D eigenvalue weighted by Gasteiger charge is 1.97. The Balaban J connectivity index is 2.91. The number of pyridine rings is 1. The lowest BCUT2D eigenvalue weighted by Gasteiger charge is -1.95. The van der Waals surface area contributed by atoms with Crippen LogP contribution >= 0.6 is 0 Å². The zero-order valence-corrected chi connectivity index (χ0v) is 5.32. The van der Waals surface area contributed by atoms with E-state index < -0.39 is 0 Å². The predicted molar refractivity (Wildman–Crippen MR) is 35.7 cm³/mol. The summed E-state index contributed by atoms with van der Waals surface area (Å²) in [4.78, 5) is 13.8. The van der Waals surface area contributed by atoms with Gasteiger partial charge < -0.3 is 9.90 Å². The first-order valence-corrected chi connectivity index (χ1v) is 2.91. The molecule has 0 saturated heterocycles. The van der Waals surface area contributed by atoms with E-state index in [1.807, 2.05) is 0 Å². The molecule has 1 heterocycles. The van der Waals surface area contributed by atoms with E-state index in [-0.39, 0.29) is 12.2 Å². The Bertz CT molecular complexity index is 235. The lowest BCUT2D eigenvalue weighted by molar-refractivity contribution is -0.107. The highest BCUT2D eigenvalue weighted by Crippen LogP contribution is 2.11. The first-order valence-electron chi connectivity index (χ1n) is 2.91. The van der Waals surface area contributed by atoms with Crippen LogP contribution < -0.4 is 0 Å². The molecule has 1 aromatic rings. The molecule has 0 aliphatic rings. The lowest BCUT2D eigenvalue weighted by atomic mass is 10.3. The molecule has 1 aromatic heterocycles. The average Bonchev–Trinajstić information content (AvgIpc) is 1.94. The summed E-state index contributed by atoms with van der Waals surface area (Å²) in [6.45, 7) is 0. The SMILES string of the molecule is O=CCc1ncccc1O. The van der Waals surface area contributed by atoms with Crippen molar-refractivity contribution in [2.24, 2.45) is 0 Å². The summed E-state index contributed by atoms with van der Waals surface area (Å²) in [7, 11) is 0. The molecule has 0 atom stereocenters. The summed E-state index contributed by atoms with van der Waals surface area (Å²) in [6.07, 6.45) is 2.42. The fourth-order valence-corrected chi connectivity index (χ4v) is 0.666. The van der Waals surface area contributed by atoms with Crippen LogP contribution in [0.2, 0.25) is 0 Å². The van der Waals surface area contributed by atoms with Crippen molar-refractivity contribution in [2.75, 3.05) is 0 Å². The molecular weight excluding hydrogens is 130 g/mol. The Morgan fingerprint density at radius 1 is 1.70 bits per heavy atom. The van der Waals surface area contributed by atoms with Crippen molar-refractivity contribution < 1.29 is 9.90 Å². The summed E-state index contributed by atoms with van der Waals surface area (Å²) in [5, 5.41) is 9.02. The van der Waals surface area contributed by atoms with Crippen LogP contribution in [0, 0.1) is 0 Å².